The minimum absolute atomic E-state index is 0.347. The van der Waals surface area contributed by atoms with Crippen LogP contribution >= 0.6 is 0 Å². The van der Waals surface area contributed by atoms with E-state index in [9.17, 15) is 0 Å². The van der Waals surface area contributed by atoms with Crippen LogP contribution in [0.4, 0.5) is 0 Å². The number of rotatable bonds is 2. The summed E-state index contributed by atoms with van der Waals surface area (Å²) in [5, 5.41) is 0. The molecule has 78 valence electrons. The van der Waals surface area contributed by atoms with Crippen molar-refractivity contribution in [3.8, 4) is 0 Å². The fraction of sp³-hybridized carbons (Fsp3) is 0.400. The molecule has 1 fully saturated rings. The van der Waals surface area contributed by atoms with E-state index in [1.165, 1.54) is 0 Å². The van der Waals surface area contributed by atoms with E-state index in [1.807, 2.05) is 22.9 Å². The lowest BCUT2D eigenvalue weighted by Crippen LogP contribution is -2.54. The van der Waals surface area contributed by atoms with Gasteiger partial charge in [-0.05, 0) is 6.07 Å². The average molecular weight is 203 g/mol. The summed E-state index contributed by atoms with van der Waals surface area (Å²) in [5.41, 5.74) is 6.77. The molecule has 3 heterocycles. The first-order chi connectivity index (χ1) is 7.31. The van der Waals surface area contributed by atoms with Crippen LogP contribution < -0.4 is 5.73 Å². The number of aromatic nitrogens is 3. The van der Waals surface area contributed by atoms with Crippen molar-refractivity contribution in [2.75, 3.05) is 13.1 Å². The molecule has 15 heavy (non-hydrogen) atoms. The first kappa shape index (κ1) is 8.82. The monoisotopic (exact) mass is 203 g/mol. The third-order valence-electron chi connectivity index (χ3n) is 2.66. The first-order valence-electron chi connectivity index (χ1n) is 5.08. The second-order valence-corrected chi connectivity index (χ2v) is 4.01. The van der Waals surface area contributed by atoms with E-state index in [4.69, 9.17) is 5.73 Å². The number of likely N-dealkylation sites (tertiary alicyclic amines) is 1. The summed E-state index contributed by atoms with van der Waals surface area (Å²) in [6.07, 6.45) is 5.73. The molecule has 0 atom stereocenters. The molecular weight excluding hydrogens is 190 g/mol. The van der Waals surface area contributed by atoms with Crippen molar-refractivity contribution in [2.24, 2.45) is 5.73 Å². The highest BCUT2D eigenvalue weighted by Gasteiger charge is 2.23. The summed E-state index contributed by atoms with van der Waals surface area (Å²) in [5.74, 6) is 0.761. The molecule has 2 aromatic rings. The largest absolute Gasteiger partial charge is 0.325 e. The second kappa shape index (κ2) is 3.29. The predicted octanol–water partition coefficient (Wildman–Crippen LogP) is -0.128. The zero-order chi connectivity index (χ0) is 10.3. The summed E-state index contributed by atoms with van der Waals surface area (Å²) in [7, 11) is 0. The Morgan fingerprint density at radius 2 is 2.33 bits per heavy atom. The van der Waals surface area contributed by atoms with E-state index >= 15 is 0 Å². The molecule has 1 saturated heterocycles. The van der Waals surface area contributed by atoms with Crippen LogP contribution in [0.2, 0.25) is 0 Å². The highest BCUT2D eigenvalue weighted by atomic mass is 15.2. The Balaban J connectivity index is 1.80. The van der Waals surface area contributed by atoms with Crippen LogP contribution in [0, 0.1) is 0 Å². The van der Waals surface area contributed by atoms with Gasteiger partial charge in [0.15, 0.2) is 0 Å². The van der Waals surface area contributed by atoms with Crippen LogP contribution in [-0.4, -0.2) is 38.4 Å². The van der Waals surface area contributed by atoms with E-state index in [0.29, 0.717) is 6.04 Å². The van der Waals surface area contributed by atoms with Gasteiger partial charge in [0, 0.05) is 44.3 Å². The Labute approximate surface area is 87.5 Å². The number of nitrogens with two attached hydrogens (primary N) is 1. The van der Waals surface area contributed by atoms with Crippen molar-refractivity contribution in [1.29, 1.82) is 0 Å². The SMILES string of the molecule is NC1CN(Cc2cn3cccnc3n2)C1. The van der Waals surface area contributed by atoms with Gasteiger partial charge in [0.2, 0.25) is 5.78 Å². The quantitative estimate of drug-likeness (QED) is 0.738. The molecule has 0 radical (unpaired) electrons. The van der Waals surface area contributed by atoms with Crippen LogP contribution in [-0.2, 0) is 6.54 Å². The van der Waals surface area contributed by atoms with E-state index in [1.54, 1.807) is 6.20 Å². The maximum atomic E-state index is 5.72. The number of hydrogen-bond acceptors (Lipinski definition) is 4. The van der Waals surface area contributed by atoms with Crippen molar-refractivity contribution >= 4 is 5.78 Å². The molecule has 1 aliphatic rings. The zero-order valence-electron chi connectivity index (χ0n) is 8.37. The van der Waals surface area contributed by atoms with Crippen LogP contribution in [0.3, 0.4) is 0 Å². The van der Waals surface area contributed by atoms with E-state index < -0.39 is 0 Å². The highest BCUT2D eigenvalue weighted by molar-refractivity contribution is 5.29. The van der Waals surface area contributed by atoms with E-state index in [-0.39, 0.29) is 0 Å². The third kappa shape index (κ3) is 1.60. The lowest BCUT2D eigenvalue weighted by Gasteiger charge is -2.36. The standard InChI is InChI=1S/C10H13N5/c11-8-4-14(5-8)6-9-7-15-3-1-2-12-10(15)13-9/h1-3,7-8H,4-6,11H2. The Kier molecular flexibility index (Phi) is 1.93. The normalized spacial score (nSPS) is 18.2. The number of nitrogens with zero attached hydrogens (tertiary/aromatic N) is 4. The smallest absolute Gasteiger partial charge is 0.233 e. The topological polar surface area (TPSA) is 59.5 Å². The van der Waals surface area contributed by atoms with Crippen molar-refractivity contribution in [3.63, 3.8) is 0 Å². The summed E-state index contributed by atoms with van der Waals surface area (Å²) in [4.78, 5) is 10.9. The second-order valence-electron chi connectivity index (χ2n) is 4.01. The Bertz CT molecular complexity index is 438. The van der Waals surface area contributed by atoms with Crippen LogP contribution in [0.1, 0.15) is 5.69 Å². The zero-order valence-corrected chi connectivity index (χ0v) is 8.37. The van der Waals surface area contributed by atoms with Crippen molar-refractivity contribution in [2.45, 2.75) is 12.6 Å². The van der Waals surface area contributed by atoms with Gasteiger partial charge in [-0.25, -0.2) is 9.97 Å². The van der Waals surface area contributed by atoms with Crippen molar-refractivity contribution in [1.82, 2.24) is 19.3 Å². The van der Waals surface area contributed by atoms with Gasteiger partial charge in [-0.3, -0.25) is 9.30 Å². The fourth-order valence-corrected chi connectivity index (χ4v) is 1.92. The van der Waals surface area contributed by atoms with E-state index in [2.05, 4.69) is 14.9 Å². The highest BCUT2D eigenvalue weighted by Crippen LogP contribution is 2.11. The minimum atomic E-state index is 0.347. The van der Waals surface area contributed by atoms with Gasteiger partial charge < -0.3 is 5.73 Å². The molecule has 3 rings (SSSR count). The molecular formula is C10H13N5. The molecule has 2 N–H and O–H groups in total. The molecule has 0 saturated carbocycles. The van der Waals surface area contributed by atoms with Gasteiger partial charge >= 0.3 is 0 Å². The molecule has 0 amide bonds. The third-order valence-corrected chi connectivity index (χ3v) is 2.66. The minimum Gasteiger partial charge on any atom is -0.325 e. The predicted molar refractivity (Wildman–Crippen MR) is 56.2 cm³/mol. The first-order valence-corrected chi connectivity index (χ1v) is 5.08. The molecule has 0 spiro atoms. The van der Waals surface area contributed by atoms with Gasteiger partial charge in [0.1, 0.15) is 0 Å². The molecule has 0 aromatic carbocycles. The Morgan fingerprint density at radius 1 is 1.47 bits per heavy atom. The molecule has 0 bridgehead atoms. The molecule has 5 heteroatoms. The Hall–Kier alpha value is -1.46. The number of imidazole rings is 1. The summed E-state index contributed by atoms with van der Waals surface area (Å²) < 4.78 is 1.94. The van der Waals surface area contributed by atoms with Gasteiger partial charge in [0.25, 0.3) is 0 Å². The average Bonchev–Trinajstić information content (AvgIpc) is 2.57. The van der Waals surface area contributed by atoms with Gasteiger partial charge in [-0.2, -0.15) is 0 Å². The molecule has 0 aliphatic carbocycles. The molecule has 1 aliphatic heterocycles. The van der Waals surface area contributed by atoms with Crippen molar-refractivity contribution < 1.29 is 0 Å². The van der Waals surface area contributed by atoms with E-state index in [0.717, 1.165) is 31.1 Å². The summed E-state index contributed by atoms with van der Waals surface area (Å²) in [6.45, 7) is 2.82. The maximum Gasteiger partial charge on any atom is 0.233 e. The molecule has 0 unspecified atom stereocenters. The van der Waals surface area contributed by atoms with Crippen molar-refractivity contribution in [3.05, 3.63) is 30.4 Å². The Morgan fingerprint density at radius 3 is 3.07 bits per heavy atom. The maximum absolute atomic E-state index is 5.72. The van der Waals surface area contributed by atoms with Crippen LogP contribution in [0.15, 0.2) is 24.7 Å². The summed E-state index contributed by atoms with van der Waals surface area (Å²) in [6, 6.07) is 2.25. The molecule has 5 nitrogen and oxygen atoms in total. The van der Waals surface area contributed by atoms with Crippen LogP contribution in [0.5, 0.6) is 0 Å². The lowest BCUT2D eigenvalue weighted by atomic mass is 10.1. The van der Waals surface area contributed by atoms with Crippen LogP contribution in [0.25, 0.3) is 5.78 Å². The van der Waals surface area contributed by atoms with Gasteiger partial charge in [-0.1, -0.05) is 0 Å². The lowest BCUT2D eigenvalue weighted by molar-refractivity contribution is 0.141. The van der Waals surface area contributed by atoms with Gasteiger partial charge in [-0.15, -0.1) is 0 Å². The fourth-order valence-electron chi connectivity index (χ4n) is 1.92. The van der Waals surface area contributed by atoms with Gasteiger partial charge in [0.05, 0.1) is 5.69 Å². The molecule has 2 aromatic heterocycles. The number of hydrogen-bond donors (Lipinski definition) is 1. The number of fused-ring (bicyclic) bond motifs is 1. The summed E-state index contributed by atoms with van der Waals surface area (Å²) >= 11 is 0.